The van der Waals surface area contributed by atoms with Crippen LogP contribution < -0.4 is 31.1 Å². The topological polar surface area (TPSA) is 0 Å². The Morgan fingerprint density at radius 1 is 0.447 bits per heavy atom. The maximum absolute atomic E-state index is 2.89. The predicted octanol–water partition coefficient (Wildman–Crippen LogP) is 6.38. The SMILES string of the molecule is CC[Si](CC)c1cc([Si](CC)(CC)c2ccccc2)c([Si](CC)CC)cc1[Si](CC)(CC)c1ccccc1. The third kappa shape index (κ3) is 5.70. The van der Waals surface area contributed by atoms with Crippen LogP contribution in [0.5, 0.6) is 0 Å². The molecular formula is C34H52Si4. The fraction of sp³-hybridized carbons (Fsp3) is 0.471. The van der Waals surface area contributed by atoms with Crippen molar-refractivity contribution in [3.8, 4) is 0 Å². The monoisotopic (exact) mass is 572 g/mol. The molecule has 0 fully saturated rings. The maximum Gasteiger partial charge on any atom is 0.117 e. The summed E-state index contributed by atoms with van der Waals surface area (Å²) in [6, 6.07) is 39.7. The van der Waals surface area contributed by atoms with Crippen LogP contribution in [0.4, 0.5) is 0 Å². The fourth-order valence-corrected chi connectivity index (χ4v) is 22.5. The van der Waals surface area contributed by atoms with E-state index in [1.165, 1.54) is 48.4 Å². The Balaban J connectivity index is 2.52. The fourth-order valence-electron chi connectivity index (χ4n) is 7.14. The summed E-state index contributed by atoms with van der Waals surface area (Å²) in [6.45, 7) is 19.9. The summed E-state index contributed by atoms with van der Waals surface area (Å²) in [7, 11) is -4.94. The average Bonchev–Trinajstić information content (AvgIpc) is 2.98. The third-order valence-corrected chi connectivity index (χ3v) is 26.6. The van der Waals surface area contributed by atoms with Crippen molar-refractivity contribution in [2.45, 2.75) is 104 Å². The molecule has 0 N–H and O–H groups in total. The highest BCUT2D eigenvalue weighted by Gasteiger charge is 2.41. The van der Waals surface area contributed by atoms with Gasteiger partial charge in [0.05, 0.1) is 17.6 Å². The second kappa shape index (κ2) is 14.2. The van der Waals surface area contributed by atoms with Gasteiger partial charge in [-0.25, -0.2) is 0 Å². The van der Waals surface area contributed by atoms with Crippen molar-refractivity contribution in [2.24, 2.45) is 0 Å². The lowest BCUT2D eigenvalue weighted by molar-refractivity contribution is 1.28. The standard InChI is InChI=1S/C34H52Si4/c1-9-35(10-2)31-27-34(38(15-7,16-8)30-25-21-18-22-26-30)32(36(11-3)12-4)28-33(31)37(13-5,14-6)29-23-19-17-20-24-29/h17-28H,9-16H2,1-8H3. The molecule has 0 aliphatic rings. The van der Waals surface area contributed by atoms with Crippen LogP contribution in [0.1, 0.15) is 55.4 Å². The van der Waals surface area contributed by atoms with Crippen LogP contribution in [-0.4, -0.2) is 33.7 Å². The smallest absolute Gasteiger partial charge is 0.0677 e. The van der Waals surface area contributed by atoms with Crippen molar-refractivity contribution in [1.82, 2.24) is 0 Å². The van der Waals surface area contributed by atoms with E-state index < -0.39 is 33.7 Å². The van der Waals surface area contributed by atoms with Crippen molar-refractivity contribution < 1.29 is 0 Å². The molecule has 4 heteroatoms. The van der Waals surface area contributed by atoms with Crippen molar-refractivity contribution in [2.75, 3.05) is 0 Å². The van der Waals surface area contributed by atoms with Crippen LogP contribution in [0, 0.1) is 0 Å². The van der Waals surface area contributed by atoms with Crippen LogP contribution in [0.15, 0.2) is 72.8 Å². The second-order valence-corrected chi connectivity index (χ2v) is 26.6. The number of hydrogen-bond donors (Lipinski definition) is 0. The summed E-state index contributed by atoms with van der Waals surface area (Å²) in [5, 5.41) is 10.6. The van der Waals surface area contributed by atoms with Crippen LogP contribution in [0.3, 0.4) is 0 Å². The molecule has 0 amide bonds. The van der Waals surface area contributed by atoms with Gasteiger partial charge in [0, 0.05) is 0 Å². The van der Waals surface area contributed by atoms with E-state index in [0.717, 1.165) is 0 Å². The van der Waals surface area contributed by atoms with E-state index in [1.807, 2.05) is 20.7 Å². The molecule has 2 radical (unpaired) electrons. The number of hydrogen-bond acceptors (Lipinski definition) is 0. The van der Waals surface area contributed by atoms with Crippen molar-refractivity contribution in [3.05, 3.63) is 72.8 Å². The molecule has 0 nitrogen and oxygen atoms in total. The highest BCUT2D eigenvalue weighted by atomic mass is 28.3. The Kier molecular flexibility index (Phi) is 11.6. The zero-order valence-electron chi connectivity index (χ0n) is 25.6. The van der Waals surface area contributed by atoms with Gasteiger partial charge in [-0.1, -0.05) is 208 Å². The van der Waals surface area contributed by atoms with Gasteiger partial charge in [0.25, 0.3) is 0 Å². The summed E-state index contributed by atoms with van der Waals surface area (Å²) in [6.07, 6.45) is 0. The van der Waals surface area contributed by atoms with Crippen molar-refractivity contribution in [3.63, 3.8) is 0 Å². The Hall–Kier alpha value is -1.47. The minimum atomic E-state index is -1.86. The first-order valence-corrected chi connectivity index (χ1v) is 24.1. The minimum Gasteiger partial charge on any atom is -0.0677 e. The van der Waals surface area contributed by atoms with E-state index in [0.29, 0.717) is 0 Å². The second-order valence-electron chi connectivity index (χ2n) is 10.9. The normalized spacial score (nSPS) is 12.5. The first-order valence-electron chi connectivity index (χ1n) is 15.5. The highest BCUT2D eigenvalue weighted by molar-refractivity contribution is 7.07. The molecule has 38 heavy (non-hydrogen) atoms. The molecule has 0 bridgehead atoms. The Morgan fingerprint density at radius 3 is 0.974 bits per heavy atom. The first kappa shape index (κ1) is 31.1. The molecule has 0 aromatic heterocycles. The minimum absolute atomic E-state index is 0.605. The van der Waals surface area contributed by atoms with Crippen molar-refractivity contribution in [1.29, 1.82) is 0 Å². The third-order valence-electron chi connectivity index (χ3n) is 9.72. The molecule has 0 saturated heterocycles. The molecular weight excluding hydrogens is 521 g/mol. The predicted molar refractivity (Wildman–Crippen MR) is 184 cm³/mol. The van der Waals surface area contributed by atoms with Gasteiger partial charge < -0.3 is 0 Å². The lowest BCUT2D eigenvalue weighted by atomic mass is 10.3. The molecule has 0 aliphatic carbocycles. The highest BCUT2D eigenvalue weighted by Crippen LogP contribution is 2.20. The molecule has 0 atom stereocenters. The quantitative estimate of drug-likeness (QED) is 0.197. The lowest BCUT2D eigenvalue weighted by Crippen LogP contribution is -2.70. The largest absolute Gasteiger partial charge is 0.117 e. The molecule has 0 spiro atoms. The molecule has 3 aromatic rings. The summed E-state index contributed by atoms with van der Waals surface area (Å²) in [5.41, 5.74) is 0. The van der Waals surface area contributed by atoms with E-state index in [1.54, 1.807) is 10.4 Å². The van der Waals surface area contributed by atoms with E-state index in [9.17, 15) is 0 Å². The molecule has 0 aliphatic heterocycles. The van der Waals surface area contributed by atoms with Crippen LogP contribution in [0.25, 0.3) is 0 Å². The zero-order valence-corrected chi connectivity index (χ0v) is 29.6. The first-order chi connectivity index (χ1) is 18.5. The van der Waals surface area contributed by atoms with Gasteiger partial charge in [-0.15, -0.1) is 0 Å². The molecule has 0 heterocycles. The average molecular weight is 573 g/mol. The van der Waals surface area contributed by atoms with Gasteiger partial charge in [-0.2, -0.15) is 0 Å². The van der Waals surface area contributed by atoms with Crippen LogP contribution in [-0.2, 0) is 0 Å². The van der Waals surface area contributed by atoms with Gasteiger partial charge in [0.2, 0.25) is 0 Å². The molecule has 0 saturated carbocycles. The Labute approximate surface area is 240 Å². The molecule has 0 unspecified atom stereocenters. The Bertz CT molecular complexity index is 1020. The Morgan fingerprint density at radius 2 is 0.737 bits per heavy atom. The van der Waals surface area contributed by atoms with Crippen LogP contribution >= 0.6 is 0 Å². The van der Waals surface area contributed by atoms with Gasteiger partial charge in [0.1, 0.15) is 16.1 Å². The van der Waals surface area contributed by atoms with Crippen LogP contribution in [0.2, 0.25) is 48.4 Å². The number of benzene rings is 3. The van der Waals surface area contributed by atoms with Gasteiger partial charge in [0.15, 0.2) is 0 Å². The van der Waals surface area contributed by atoms with E-state index in [-0.39, 0.29) is 0 Å². The maximum atomic E-state index is 2.89. The van der Waals surface area contributed by atoms with E-state index in [4.69, 9.17) is 0 Å². The van der Waals surface area contributed by atoms with E-state index in [2.05, 4.69) is 128 Å². The van der Waals surface area contributed by atoms with E-state index >= 15 is 0 Å². The zero-order chi connectivity index (χ0) is 27.8. The van der Waals surface area contributed by atoms with Gasteiger partial charge in [-0.3, -0.25) is 0 Å². The number of rotatable bonds is 14. The molecule has 204 valence electrons. The van der Waals surface area contributed by atoms with Gasteiger partial charge in [-0.05, 0) is 0 Å². The van der Waals surface area contributed by atoms with Crippen molar-refractivity contribution >= 4 is 64.9 Å². The summed E-state index contributed by atoms with van der Waals surface area (Å²) < 4.78 is 0. The summed E-state index contributed by atoms with van der Waals surface area (Å²) in [5.74, 6) is 0. The molecule has 3 rings (SSSR count). The lowest BCUT2D eigenvalue weighted by Gasteiger charge is -2.39. The summed E-state index contributed by atoms with van der Waals surface area (Å²) >= 11 is 0. The van der Waals surface area contributed by atoms with Gasteiger partial charge >= 0.3 is 0 Å². The summed E-state index contributed by atoms with van der Waals surface area (Å²) in [4.78, 5) is 0. The molecule has 3 aromatic carbocycles.